The van der Waals surface area contributed by atoms with Crippen LogP contribution >= 0.6 is 0 Å². The van der Waals surface area contributed by atoms with Crippen LogP contribution in [0.4, 0.5) is 26.3 Å². The highest BCUT2D eigenvalue weighted by Crippen LogP contribution is 2.46. The molecular weight excluding hydrogens is 306 g/mol. The molecule has 1 heterocycles. The van der Waals surface area contributed by atoms with Crippen LogP contribution in [0.2, 0.25) is 0 Å². The average molecular weight is 320 g/mol. The molecule has 0 aromatic carbocycles. The minimum absolute atomic E-state index is 0.0755. The molecule has 0 unspecified atom stereocenters. The van der Waals surface area contributed by atoms with E-state index in [0.717, 1.165) is 0 Å². The smallest absolute Gasteiger partial charge is 0.407 e. The Morgan fingerprint density at radius 2 is 1.81 bits per heavy atom. The number of oxazole rings is 1. The number of hydrogen-bond acceptors (Lipinski definition) is 4. The third kappa shape index (κ3) is 5.54. The van der Waals surface area contributed by atoms with Crippen molar-refractivity contribution < 1.29 is 35.5 Å². The van der Waals surface area contributed by atoms with Crippen LogP contribution in [0.25, 0.3) is 0 Å². The van der Waals surface area contributed by atoms with Crippen molar-refractivity contribution in [2.45, 2.75) is 24.7 Å². The first-order chi connectivity index (χ1) is 9.66. The third-order valence-corrected chi connectivity index (χ3v) is 2.51. The van der Waals surface area contributed by atoms with E-state index >= 15 is 0 Å². The summed E-state index contributed by atoms with van der Waals surface area (Å²) >= 11 is 0. The van der Waals surface area contributed by atoms with E-state index in [1.54, 1.807) is 0 Å². The van der Waals surface area contributed by atoms with Crippen molar-refractivity contribution in [3.8, 4) is 0 Å². The van der Waals surface area contributed by atoms with E-state index < -0.39 is 24.0 Å². The van der Waals surface area contributed by atoms with Crippen molar-refractivity contribution in [1.29, 1.82) is 0 Å². The largest absolute Gasteiger partial charge is 0.445 e. The van der Waals surface area contributed by atoms with Gasteiger partial charge in [-0.1, -0.05) is 0 Å². The van der Waals surface area contributed by atoms with Gasteiger partial charge in [0.2, 0.25) is 5.92 Å². The maximum atomic E-state index is 12.5. The minimum Gasteiger partial charge on any atom is -0.445 e. The second kappa shape index (κ2) is 7.12. The monoisotopic (exact) mass is 320 g/mol. The summed E-state index contributed by atoms with van der Waals surface area (Å²) in [4.78, 5) is 3.44. The lowest BCUT2D eigenvalue weighted by atomic mass is 10.1. The molecule has 21 heavy (non-hydrogen) atoms. The van der Waals surface area contributed by atoms with Crippen molar-refractivity contribution in [3.63, 3.8) is 0 Å². The number of methoxy groups -OCH3 is 1. The second-order valence-corrected chi connectivity index (χ2v) is 4.17. The highest BCUT2D eigenvalue weighted by atomic mass is 19.4. The van der Waals surface area contributed by atoms with Crippen LogP contribution in [0, 0.1) is 0 Å². The normalized spacial score (nSPS) is 13.1. The molecule has 0 saturated heterocycles. The molecule has 122 valence electrons. The molecule has 0 aliphatic heterocycles. The fraction of sp³-hybridized carbons (Fsp3) is 0.727. The molecule has 0 aliphatic rings. The maximum Gasteiger partial charge on any atom is 0.407 e. The summed E-state index contributed by atoms with van der Waals surface area (Å²) in [5.74, 6) is -5.09. The highest BCUT2D eigenvalue weighted by Gasteiger charge is 2.59. The number of hydrogen-bond donors (Lipinski definition) is 1. The summed E-state index contributed by atoms with van der Waals surface area (Å²) in [6, 6.07) is 0. The standard InChI is InChI=1S/C11H14F6N2O2/c1-20-5-4-18-3-2-8-19-6-7(21-8)9(10(12,13)14)11(15,16)17/h6,9,18H,2-5H2,1H3. The van der Waals surface area contributed by atoms with Gasteiger partial charge in [-0.3, -0.25) is 0 Å². The lowest BCUT2D eigenvalue weighted by Gasteiger charge is -2.20. The lowest BCUT2D eigenvalue weighted by Crippen LogP contribution is -2.33. The molecule has 1 rings (SSSR count). The number of halogens is 6. The molecule has 4 nitrogen and oxygen atoms in total. The van der Waals surface area contributed by atoms with Crippen LogP contribution in [-0.4, -0.2) is 44.1 Å². The van der Waals surface area contributed by atoms with Gasteiger partial charge in [-0.15, -0.1) is 0 Å². The summed E-state index contributed by atoms with van der Waals surface area (Å²) in [7, 11) is 1.50. The molecule has 1 N–H and O–H groups in total. The van der Waals surface area contributed by atoms with Crippen molar-refractivity contribution in [1.82, 2.24) is 10.3 Å². The van der Waals surface area contributed by atoms with E-state index in [4.69, 9.17) is 4.74 Å². The molecule has 1 aromatic rings. The first-order valence-electron chi connectivity index (χ1n) is 5.94. The summed E-state index contributed by atoms with van der Waals surface area (Å²) < 4.78 is 84.1. The Labute approximate surface area is 116 Å². The number of nitrogens with zero attached hydrogens (tertiary/aromatic N) is 1. The molecule has 0 bridgehead atoms. The molecule has 0 spiro atoms. The Bertz CT molecular complexity index is 415. The van der Waals surface area contributed by atoms with Crippen LogP contribution in [0.5, 0.6) is 0 Å². The van der Waals surface area contributed by atoms with E-state index in [2.05, 4.69) is 14.7 Å². The van der Waals surface area contributed by atoms with Crippen molar-refractivity contribution in [3.05, 3.63) is 17.8 Å². The van der Waals surface area contributed by atoms with Crippen LogP contribution in [0.15, 0.2) is 10.6 Å². The lowest BCUT2D eigenvalue weighted by molar-refractivity contribution is -0.257. The van der Waals surface area contributed by atoms with Gasteiger partial charge >= 0.3 is 12.4 Å². The van der Waals surface area contributed by atoms with Crippen LogP contribution in [0.1, 0.15) is 17.6 Å². The van der Waals surface area contributed by atoms with Gasteiger partial charge in [0.1, 0.15) is 5.76 Å². The second-order valence-electron chi connectivity index (χ2n) is 4.17. The first-order valence-corrected chi connectivity index (χ1v) is 5.94. The van der Waals surface area contributed by atoms with Crippen molar-refractivity contribution in [2.24, 2.45) is 0 Å². The third-order valence-electron chi connectivity index (χ3n) is 2.51. The van der Waals surface area contributed by atoms with Gasteiger partial charge in [-0.2, -0.15) is 26.3 Å². The Hall–Kier alpha value is -1.29. The van der Waals surface area contributed by atoms with Crippen LogP contribution in [-0.2, 0) is 11.2 Å². The minimum atomic E-state index is -5.48. The zero-order valence-corrected chi connectivity index (χ0v) is 11.0. The molecule has 0 saturated carbocycles. The van der Waals surface area contributed by atoms with E-state index in [1.165, 1.54) is 7.11 Å². The average Bonchev–Trinajstić information content (AvgIpc) is 2.73. The topological polar surface area (TPSA) is 47.3 Å². The Kier molecular flexibility index (Phi) is 6.02. The summed E-state index contributed by atoms with van der Waals surface area (Å²) in [6.45, 7) is 1.23. The Morgan fingerprint density at radius 3 is 2.33 bits per heavy atom. The summed E-state index contributed by atoms with van der Waals surface area (Å²) in [6.07, 6.45) is -10.4. The van der Waals surface area contributed by atoms with Crippen molar-refractivity contribution >= 4 is 0 Å². The van der Waals surface area contributed by atoms with Gasteiger partial charge in [0, 0.05) is 26.6 Å². The molecule has 0 fully saturated rings. The van der Waals surface area contributed by atoms with Gasteiger partial charge in [0.25, 0.3) is 0 Å². The fourth-order valence-electron chi connectivity index (χ4n) is 1.58. The Balaban J connectivity index is 2.68. The van der Waals surface area contributed by atoms with Crippen LogP contribution < -0.4 is 5.32 Å². The predicted molar refractivity (Wildman–Crippen MR) is 59.8 cm³/mol. The van der Waals surface area contributed by atoms with Gasteiger partial charge in [0.05, 0.1) is 12.8 Å². The quantitative estimate of drug-likeness (QED) is 0.620. The van der Waals surface area contributed by atoms with E-state index in [1.807, 2.05) is 0 Å². The SMILES string of the molecule is COCCNCCc1ncc(C(C(F)(F)F)C(F)(F)F)o1. The molecule has 0 radical (unpaired) electrons. The number of nitrogens with one attached hydrogen (secondary N) is 1. The Morgan fingerprint density at radius 1 is 1.19 bits per heavy atom. The number of aromatic nitrogens is 1. The number of rotatable bonds is 7. The van der Waals surface area contributed by atoms with Crippen LogP contribution in [0.3, 0.4) is 0 Å². The summed E-state index contributed by atoms with van der Waals surface area (Å²) in [5, 5.41) is 2.86. The van der Waals surface area contributed by atoms with E-state index in [9.17, 15) is 26.3 Å². The molecular formula is C11H14F6N2O2. The highest BCUT2D eigenvalue weighted by molar-refractivity contribution is 5.08. The van der Waals surface area contributed by atoms with Gasteiger partial charge in [-0.05, 0) is 0 Å². The molecule has 0 aliphatic carbocycles. The molecule has 0 amide bonds. The zero-order valence-electron chi connectivity index (χ0n) is 11.0. The maximum absolute atomic E-state index is 12.5. The van der Waals surface area contributed by atoms with E-state index in [-0.39, 0.29) is 12.3 Å². The first kappa shape index (κ1) is 17.8. The molecule has 0 atom stereocenters. The van der Waals surface area contributed by atoms with Gasteiger partial charge in [0.15, 0.2) is 5.89 Å². The van der Waals surface area contributed by atoms with E-state index in [0.29, 0.717) is 25.9 Å². The number of ether oxygens (including phenoxy) is 1. The number of alkyl halides is 6. The molecule has 10 heteroatoms. The fourth-order valence-corrected chi connectivity index (χ4v) is 1.58. The predicted octanol–water partition coefficient (Wildman–Crippen LogP) is 2.66. The van der Waals surface area contributed by atoms with Gasteiger partial charge in [-0.25, -0.2) is 4.98 Å². The molecule has 1 aromatic heterocycles. The van der Waals surface area contributed by atoms with Crippen molar-refractivity contribution in [2.75, 3.05) is 26.8 Å². The summed E-state index contributed by atoms with van der Waals surface area (Å²) in [5.41, 5.74) is 0. The van der Waals surface area contributed by atoms with Gasteiger partial charge < -0.3 is 14.5 Å². The zero-order chi connectivity index (χ0) is 16.1.